The number of hydrogen-bond acceptors (Lipinski definition) is 4. The molecule has 3 rings (SSSR count). The molecule has 1 saturated carbocycles. The highest BCUT2D eigenvalue weighted by atomic mass is 16.5. The molecule has 2 aliphatic rings. The van der Waals surface area contributed by atoms with Crippen molar-refractivity contribution >= 4 is 11.4 Å². The van der Waals surface area contributed by atoms with E-state index in [4.69, 9.17) is 4.74 Å². The van der Waals surface area contributed by atoms with E-state index in [1.165, 1.54) is 5.69 Å². The molecule has 0 spiro atoms. The van der Waals surface area contributed by atoms with Crippen LogP contribution in [0.1, 0.15) is 19.3 Å². The molecule has 1 heterocycles. The lowest BCUT2D eigenvalue weighted by atomic mass is 10.2. The van der Waals surface area contributed by atoms with E-state index in [0.717, 1.165) is 51.3 Å². The van der Waals surface area contributed by atoms with Crippen molar-refractivity contribution in [1.82, 2.24) is 0 Å². The molecule has 2 atom stereocenters. The maximum atomic E-state index is 9.82. The molecule has 1 aromatic carbocycles. The van der Waals surface area contributed by atoms with Gasteiger partial charge in [-0.2, -0.15) is 0 Å². The predicted molar refractivity (Wildman–Crippen MR) is 76.7 cm³/mol. The normalized spacial score (nSPS) is 27.5. The number of aliphatic hydroxyl groups is 1. The topological polar surface area (TPSA) is 44.7 Å². The van der Waals surface area contributed by atoms with Crippen molar-refractivity contribution in [2.24, 2.45) is 0 Å². The third-order valence-corrected chi connectivity index (χ3v) is 4.08. The van der Waals surface area contributed by atoms with Gasteiger partial charge in [0.05, 0.1) is 25.4 Å². The fraction of sp³-hybridized carbons (Fsp3) is 0.600. The second-order valence-electron chi connectivity index (χ2n) is 5.40. The first-order valence-corrected chi connectivity index (χ1v) is 7.20. The second kappa shape index (κ2) is 5.80. The fourth-order valence-corrected chi connectivity index (χ4v) is 2.91. The van der Waals surface area contributed by atoms with Gasteiger partial charge in [-0.3, -0.25) is 0 Å². The summed E-state index contributed by atoms with van der Waals surface area (Å²) < 4.78 is 5.36. The maximum Gasteiger partial charge on any atom is 0.0741 e. The first-order chi connectivity index (χ1) is 9.33. The summed E-state index contributed by atoms with van der Waals surface area (Å²) >= 11 is 0. The van der Waals surface area contributed by atoms with Crippen LogP contribution in [0.15, 0.2) is 24.3 Å². The number of morpholine rings is 1. The fourth-order valence-electron chi connectivity index (χ4n) is 2.91. The molecule has 4 heteroatoms. The molecule has 4 nitrogen and oxygen atoms in total. The second-order valence-corrected chi connectivity index (χ2v) is 5.40. The van der Waals surface area contributed by atoms with E-state index in [9.17, 15) is 5.11 Å². The van der Waals surface area contributed by atoms with Crippen LogP contribution in [-0.4, -0.2) is 43.6 Å². The zero-order valence-electron chi connectivity index (χ0n) is 11.2. The monoisotopic (exact) mass is 262 g/mol. The number of aliphatic hydroxyl groups excluding tert-OH is 1. The number of nitrogens with one attached hydrogen (secondary N) is 1. The summed E-state index contributed by atoms with van der Waals surface area (Å²) in [5, 5.41) is 13.3. The molecule has 2 fully saturated rings. The van der Waals surface area contributed by atoms with Crippen LogP contribution >= 0.6 is 0 Å². The number of hydrogen-bond donors (Lipinski definition) is 2. The molecular formula is C15H22N2O2. The van der Waals surface area contributed by atoms with Crippen molar-refractivity contribution in [3.63, 3.8) is 0 Å². The Morgan fingerprint density at radius 3 is 2.47 bits per heavy atom. The standard InChI is InChI=1S/C15H22N2O2/c18-15-3-1-2-14(15)16-12-4-6-13(7-5-12)17-8-10-19-11-9-17/h4-7,14-16,18H,1-3,8-11H2. The Morgan fingerprint density at radius 2 is 1.84 bits per heavy atom. The number of anilines is 2. The van der Waals surface area contributed by atoms with Gasteiger partial charge < -0.3 is 20.1 Å². The largest absolute Gasteiger partial charge is 0.391 e. The van der Waals surface area contributed by atoms with Crippen LogP contribution in [0.25, 0.3) is 0 Å². The molecule has 2 N–H and O–H groups in total. The molecule has 1 aliphatic carbocycles. The summed E-state index contributed by atoms with van der Waals surface area (Å²) in [7, 11) is 0. The molecule has 0 bridgehead atoms. The molecule has 0 amide bonds. The van der Waals surface area contributed by atoms with Crippen molar-refractivity contribution < 1.29 is 9.84 Å². The summed E-state index contributed by atoms with van der Waals surface area (Å²) in [4.78, 5) is 2.34. The van der Waals surface area contributed by atoms with Crippen LogP contribution in [0.4, 0.5) is 11.4 Å². The summed E-state index contributed by atoms with van der Waals surface area (Å²) in [6.07, 6.45) is 2.90. The van der Waals surface area contributed by atoms with E-state index in [1.54, 1.807) is 0 Å². The summed E-state index contributed by atoms with van der Waals surface area (Å²) in [6, 6.07) is 8.73. The smallest absolute Gasteiger partial charge is 0.0741 e. The van der Waals surface area contributed by atoms with Crippen LogP contribution in [0.5, 0.6) is 0 Å². The summed E-state index contributed by atoms with van der Waals surface area (Å²) in [5.74, 6) is 0. The third-order valence-electron chi connectivity index (χ3n) is 4.08. The Bertz CT molecular complexity index is 401. The van der Waals surface area contributed by atoms with E-state index in [2.05, 4.69) is 34.5 Å². The average Bonchev–Trinajstić information content (AvgIpc) is 2.86. The zero-order chi connectivity index (χ0) is 13.1. The van der Waals surface area contributed by atoms with Crippen LogP contribution in [0.3, 0.4) is 0 Å². The van der Waals surface area contributed by atoms with Gasteiger partial charge in [-0.25, -0.2) is 0 Å². The average molecular weight is 262 g/mol. The van der Waals surface area contributed by atoms with E-state index in [1.807, 2.05) is 0 Å². The van der Waals surface area contributed by atoms with Gasteiger partial charge in [0, 0.05) is 24.5 Å². The zero-order valence-corrected chi connectivity index (χ0v) is 11.2. The summed E-state index contributed by atoms with van der Waals surface area (Å²) in [5.41, 5.74) is 2.35. The Labute approximate surface area is 114 Å². The third kappa shape index (κ3) is 3.01. The van der Waals surface area contributed by atoms with Crippen molar-refractivity contribution in [2.45, 2.75) is 31.4 Å². The summed E-state index contributed by atoms with van der Waals surface area (Å²) in [6.45, 7) is 3.56. The lowest BCUT2D eigenvalue weighted by Gasteiger charge is -2.29. The quantitative estimate of drug-likeness (QED) is 0.872. The Hall–Kier alpha value is -1.26. The molecule has 0 aromatic heterocycles. The minimum absolute atomic E-state index is 0.195. The van der Waals surface area contributed by atoms with Crippen molar-refractivity contribution in [3.8, 4) is 0 Å². The number of nitrogens with zero attached hydrogens (tertiary/aromatic N) is 1. The minimum Gasteiger partial charge on any atom is -0.391 e. The molecule has 1 saturated heterocycles. The van der Waals surface area contributed by atoms with E-state index in [-0.39, 0.29) is 12.1 Å². The highest BCUT2D eigenvalue weighted by Gasteiger charge is 2.24. The number of ether oxygens (including phenoxy) is 1. The van der Waals surface area contributed by atoms with Gasteiger partial charge in [-0.1, -0.05) is 0 Å². The molecular weight excluding hydrogens is 240 g/mol. The van der Waals surface area contributed by atoms with Gasteiger partial charge in [0.25, 0.3) is 0 Å². The highest BCUT2D eigenvalue weighted by molar-refractivity contribution is 5.55. The van der Waals surface area contributed by atoms with Crippen LogP contribution in [0.2, 0.25) is 0 Å². The Morgan fingerprint density at radius 1 is 1.11 bits per heavy atom. The lowest BCUT2D eigenvalue weighted by molar-refractivity contribution is 0.122. The Balaban J connectivity index is 1.61. The van der Waals surface area contributed by atoms with Gasteiger partial charge >= 0.3 is 0 Å². The number of benzene rings is 1. The Kier molecular flexibility index (Phi) is 3.89. The molecule has 1 aliphatic heterocycles. The number of rotatable bonds is 3. The lowest BCUT2D eigenvalue weighted by Crippen LogP contribution is -2.36. The molecule has 104 valence electrons. The van der Waals surface area contributed by atoms with E-state index < -0.39 is 0 Å². The highest BCUT2D eigenvalue weighted by Crippen LogP contribution is 2.24. The molecule has 1 aromatic rings. The van der Waals surface area contributed by atoms with Crippen LogP contribution in [-0.2, 0) is 4.74 Å². The maximum absolute atomic E-state index is 9.82. The first-order valence-electron chi connectivity index (χ1n) is 7.20. The van der Waals surface area contributed by atoms with Gasteiger partial charge in [0.2, 0.25) is 0 Å². The van der Waals surface area contributed by atoms with Crippen LogP contribution in [0, 0.1) is 0 Å². The minimum atomic E-state index is -0.195. The van der Waals surface area contributed by atoms with Crippen LogP contribution < -0.4 is 10.2 Å². The SMILES string of the molecule is OC1CCCC1Nc1ccc(N2CCOCC2)cc1. The van der Waals surface area contributed by atoms with Gasteiger partial charge in [-0.05, 0) is 43.5 Å². The van der Waals surface area contributed by atoms with Gasteiger partial charge in [0.1, 0.15) is 0 Å². The van der Waals surface area contributed by atoms with Gasteiger partial charge in [-0.15, -0.1) is 0 Å². The van der Waals surface area contributed by atoms with Gasteiger partial charge in [0.15, 0.2) is 0 Å². The van der Waals surface area contributed by atoms with Crippen molar-refractivity contribution in [2.75, 3.05) is 36.5 Å². The van der Waals surface area contributed by atoms with Crippen molar-refractivity contribution in [3.05, 3.63) is 24.3 Å². The van der Waals surface area contributed by atoms with E-state index in [0.29, 0.717) is 0 Å². The molecule has 0 radical (unpaired) electrons. The molecule has 19 heavy (non-hydrogen) atoms. The van der Waals surface area contributed by atoms with Crippen molar-refractivity contribution in [1.29, 1.82) is 0 Å². The predicted octanol–water partition coefficient (Wildman–Crippen LogP) is 1.85. The molecule has 2 unspecified atom stereocenters. The van der Waals surface area contributed by atoms with E-state index >= 15 is 0 Å². The first kappa shape index (κ1) is 12.8.